The fourth-order valence-corrected chi connectivity index (χ4v) is 2.42. The van der Waals surface area contributed by atoms with Gasteiger partial charge in [0.15, 0.2) is 0 Å². The quantitative estimate of drug-likeness (QED) is 0.889. The monoisotopic (exact) mass is 284 g/mol. The third-order valence-corrected chi connectivity index (χ3v) is 4.06. The smallest absolute Gasteiger partial charge is 0.372 e. The molecule has 0 amide bonds. The van der Waals surface area contributed by atoms with Crippen LogP contribution in [0.25, 0.3) is 0 Å². The maximum Gasteiger partial charge on any atom is 0.416 e. The van der Waals surface area contributed by atoms with Crippen molar-refractivity contribution in [3.05, 3.63) is 29.3 Å². The van der Waals surface area contributed by atoms with Crippen LogP contribution in [0, 0.1) is 0 Å². The number of benzene rings is 1. The van der Waals surface area contributed by atoms with Crippen LogP contribution in [0.5, 0.6) is 0 Å². The van der Waals surface area contributed by atoms with Crippen LogP contribution >= 0.6 is 0 Å². The Bertz CT molecular complexity index is 490. The van der Waals surface area contributed by atoms with Crippen LogP contribution in [0.4, 0.5) is 18.9 Å². The van der Waals surface area contributed by atoms with Crippen LogP contribution in [-0.2, 0) is 12.7 Å². The average Bonchev–Trinajstić information content (AvgIpc) is 3.28. The largest absolute Gasteiger partial charge is 0.416 e. The van der Waals surface area contributed by atoms with E-state index in [2.05, 4.69) is 5.32 Å². The van der Waals surface area contributed by atoms with Gasteiger partial charge in [-0.3, -0.25) is 0 Å². The Hall–Kier alpha value is -1.23. The molecule has 0 saturated heterocycles. The summed E-state index contributed by atoms with van der Waals surface area (Å²) in [5, 5.41) is 3.16. The van der Waals surface area contributed by atoms with E-state index in [4.69, 9.17) is 0 Å². The summed E-state index contributed by atoms with van der Waals surface area (Å²) in [4.78, 5) is 1.95. The van der Waals surface area contributed by atoms with E-state index in [1.807, 2.05) is 11.9 Å². The molecule has 3 rings (SSSR count). The Labute approximate surface area is 117 Å². The first-order valence-electron chi connectivity index (χ1n) is 7.11. The third-order valence-electron chi connectivity index (χ3n) is 4.06. The van der Waals surface area contributed by atoms with Gasteiger partial charge in [-0.15, -0.1) is 0 Å². The summed E-state index contributed by atoms with van der Waals surface area (Å²) in [5.41, 5.74) is 0.503. The molecule has 2 nitrogen and oxygen atoms in total. The molecule has 5 heteroatoms. The van der Waals surface area contributed by atoms with Gasteiger partial charge in [-0.05, 0) is 43.4 Å². The maximum absolute atomic E-state index is 13.2. The molecular formula is C15H19F3N2. The van der Waals surface area contributed by atoms with Gasteiger partial charge in [0, 0.05) is 31.4 Å². The summed E-state index contributed by atoms with van der Waals surface area (Å²) in [6, 6.07) is 5.53. The second kappa shape index (κ2) is 4.95. The summed E-state index contributed by atoms with van der Waals surface area (Å²) in [7, 11) is 1.87. The summed E-state index contributed by atoms with van der Waals surface area (Å²) < 4.78 is 39.6. The van der Waals surface area contributed by atoms with E-state index in [0.29, 0.717) is 29.9 Å². The number of nitrogens with zero attached hydrogens (tertiary/aromatic N) is 1. The number of nitrogens with one attached hydrogen (secondary N) is 1. The van der Waals surface area contributed by atoms with Crippen LogP contribution in [-0.4, -0.2) is 19.1 Å². The highest BCUT2D eigenvalue weighted by atomic mass is 19.4. The number of hydrogen-bond acceptors (Lipinski definition) is 2. The molecule has 2 saturated carbocycles. The molecule has 1 aromatic carbocycles. The van der Waals surface area contributed by atoms with E-state index in [9.17, 15) is 13.2 Å². The van der Waals surface area contributed by atoms with Gasteiger partial charge in [0.25, 0.3) is 0 Å². The van der Waals surface area contributed by atoms with Crippen molar-refractivity contribution >= 4 is 5.69 Å². The highest BCUT2D eigenvalue weighted by Gasteiger charge is 2.35. The summed E-state index contributed by atoms with van der Waals surface area (Å²) in [5.74, 6) is 0. The minimum absolute atomic E-state index is 0.299. The van der Waals surface area contributed by atoms with E-state index in [-0.39, 0.29) is 0 Å². The van der Waals surface area contributed by atoms with E-state index in [0.717, 1.165) is 25.7 Å². The predicted molar refractivity (Wildman–Crippen MR) is 72.7 cm³/mol. The second-order valence-corrected chi connectivity index (χ2v) is 5.84. The lowest BCUT2D eigenvalue weighted by Gasteiger charge is -2.22. The molecule has 0 radical (unpaired) electrons. The summed E-state index contributed by atoms with van der Waals surface area (Å²) in [6.07, 6.45) is 0.000344. The van der Waals surface area contributed by atoms with E-state index in [1.54, 1.807) is 12.1 Å². The average molecular weight is 284 g/mol. The normalized spacial score (nSPS) is 19.2. The van der Waals surface area contributed by atoms with Gasteiger partial charge in [0.05, 0.1) is 5.56 Å². The van der Waals surface area contributed by atoms with E-state index >= 15 is 0 Å². The Kier molecular flexibility index (Phi) is 3.40. The maximum atomic E-state index is 13.2. The third kappa shape index (κ3) is 3.08. The van der Waals surface area contributed by atoms with Gasteiger partial charge < -0.3 is 10.2 Å². The van der Waals surface area contributed by atoms with Crippen molar-refractivity contribution in [2.24, 2.45) is 0 Å². The summed E-state index contributed by atoms with van der Waals surface area (Å²) >= 11 is 0. The molecule has 0 aliphatic heterocycles. The minimum atomic E-state index is -4.29. The molecule has 2 fully saturated rings. The Morgan fingerprint density at radius 3 is 2.45 bits per heavy atom. The van der Waals surface area contributed by atoms with Crippen LogP contribution in [0.15, 0.2) is 18.2 Å². The fourth-order valence-electron chi connectivity index (χ4n) is 2.42. The Morgan fingerprint density at radius 1 is 1.20 bits per heavy atom. The highest BCUT2D eigenvalue weighted by Crippen LogP contribution is 2.37. The van der Waals surface area contributed by atoms with Gasteiger partial charge in [-0.1, -0.05) is 6.07 Å². The van der Waals surface area contributed by atoms with E-state index < -0.39 is 11.7 Å². The lowest BCUT2D eigenvalue weighted by Crippen LogP contribution is -2.22. The lowest BCUT2D eigenvalue weighted by molar-refractivity contribution is -0.138. The number of anilines is 1. The van der Waals surface area contributed by atoms with Crippen LogP contribution in [0.3, 0.4) is 0 Å². The molecule has 0 aromatic heterocycles. The number of rotatable bonds is 5. The first-order valence-corrected chi connectivity index (χ1v) is 7.11. The topological polar surface area (TPSA) is 15.3 Å². The number of halogens is 3. The summed E-state index contributed by atoms with van der Waals surface area (Å²) in [6.45, 7) is 0.299. The van der Waals surface area contributed by atoms with Crippen molar-refractivity contribution in [2.75, 3.05) is 11.9 Å². The molecule has 0 unspecified atom stereocenters. The molecule has 1 N–H and O–H groups in total. The van der Waals surface area contributed by atoms with Gasteiger partial charge in [0.2, 0.25) is 0 Å². The van der Waals surface area contributed by atoms with Crippen molar-refractivity contribution in [3.63, 3.8) is 0 Å². The predicted octanol–water partition coefficient (Wildman–Crippen LogP) is 3.56. The molecular weight excluding hydrogens is 265 g/mol. The first-order chi connectivity index (χ1) is 9.45. The van der Waals surface area contributed by atoms with Crippen molar-refractivity contribution in [1.29, 1.82) is 0 Å². The Morgan fingerprint density at radius 2 is 1.90 bits per heavy atom. The van der Waals surface area contributed by atoms with Crippen molar-refractivity contribution in [1.82, 2.24) is 5.32 Å². The molecule has 2 aliphatic rings. The van der Waals surface area contributed by atoms with Gasteiger partial charge in [-0.25, -0.2) is 0 Å². The molecule has 0 heterocycles. The fraction of sp³-hybridized carbons (Fsp3) is 0.600. The van der Waals surface area contributed by atoms with Crippen molar-refractivity contribution < 1.29 is 13.2 Å². The molecule has 0 spiro atoms. The molecule has 1 aromatic rings. The van der Waals surface area contributed by atoms with Crippen molar-refractivity contribution in [2.45, 2.75) is 50.5 Å². The SMILES string of the molecule is CN(c1ccc(CNC2CC2)c(C(F)(F)F)c1)C1CC1. The Balaban J connectivity index is 1.84. The zero-order valence-corrected chi connectivity index (χ0v) is 11.5. The first kappa shape index (κ1) is 13.7. The standard InChI is InChI=1S/C15H19F3N2/c1-20(12-6-7-12)13-5-2-10(9-19-11-3-4-11)14(8-13)15(16,17)18/h2,5,8,11-12,19H,3-4,6-7,9H2,1H3. The van der Waals surface area contributed by atoms with Crippen LogP contribution in [0.1, 0.15) is 36.8 Å². The highest BCUT2D eigenvalue weighted by molar-refractivity contribution is 5.53. The zero-order valence-electron chi connectivity index (χ0n) is 11.5. The lowest BCUT2D eigenvalue weighted by atomic mass is 10.1. The van der Waals surface area contributed by atoms with Crippen LogP contribution in [0.2, 0.25) is 0 Å². The zero-order chi connectivity index (χ0) is 14.3. The molecule has 110 valence electrons. The molecule has 2 aliphatic carbocycles. The number of alkyl halides is 3. The second-order valence-electron chi connectivity index (χ2n) is 5.84. The van der Waals surface area contributed by atoms with Crippen molar-refractivity contribution in [3.8, 4) is 0 Å². The molecule has 20 heavy (non-hydrogen) atoms. The van der Waals surface area contributed by atoms with Gasteiger partial charge in [-0.2, -0.15) is 13.2 Å². The van der Waals surface area contributed by atoms with Gasteiger partial charge >= 0.3 is 6.18 Å². The van der Waals surface area contributed by atoms with Crippen LogP contribution < -0.4 is 10.2 Å². The molecule has 0 atom stereocenters. The van der Waals surface area contributed by atoms with E-state index in [1.165, 1.54) is 6.07 Å². The minimum Gasteiger partial charge on any atom is -0.372 e. The molecule has 0 bridgehead atoms. The van der Waals surface area contributed by atoms with Gasteiger partial charge in [0.1, 0.15) is 0 Å². The number of hydrogen-bond donors (Lipinski definition) is 1.